The summed E-state index contributed by atoms with van der Waals surface area (Å²) in [5.74, 6) is -1.01. The minimum Gasteiger partial charge on any atom is -0.309 e. The summed E-state index contributed by atoms with van der Waals surface area (Å²) < 4.78 is 0. The normalized spacial score (nSPS) is 13.2. The van der Waals surface area contributed by atoms with Gasteiger partial charge < -0.3 is 4.90 Å². The van der Waals surface area contributed by atoms with Gasteiger partial charge in [-0.05, 0) is 58.7 Å². The number of amides is 3. The molecule has 0 saturated carbocycles. The highest BCUT2D eigenvalue weighted by molar-refractivity contribution is 6.25. The molecule has 0 aliphatic carbocycles. The molecule has 0 unspecified atom stereocenters. The minimum absolute atomic E-state index is 0.0626. The zero-order valence-corrected chi connectivity index (χ0v) is 23.7. The van der Waals surface area contributed by atoms with Gasteiger partial charge in [-0.1, -0.05) is 69.3 Å². The molecule has 0 radical (unpaired) electrons. The third-order valence-corrected chi connectivity index (χ3v) is 7.43. The van der Waals surface area contributed by atoms with E-state index in [4.69, 9.17) is 0 Å². The summed E-state index contributed by atoms with van der Waals surface area (Å²) in [4.78, 5) is 53.6. The number of nitrogens with zero attached hydrogens (tertiary/aromatic N) is 3. The summed E-state index contributed by atoms with van der Waals surface area (Å²) >= 11 is 0. The molecule has 212 valence electrons. The Hall–Kier alpha value is -5.11. The van der Waals surface area contributed by atoms with E-state index >= 15 is 0 Å². The van der Waals surface area contributed by atoms with Crippen molar-refractivity contribution >= 4 is 45.9 Å². The molecule has 0 fully saturated rings. The number of anilines is 1. The van der Waals surface area contributed by atoms with Crippen molar-refractivity contribution in [1.29, 1.82) is 0 Å². The van der Waals surface area contributed by atoms with Gasteiger partial charge in [0.15, 0.2) is 0 Å². The Kier molecular flexibility index (Phi) is 7.72. The molecule has 1 aliphatic heterocycles. The summed E-state index contributed by atoms with van der Waals surface area (Å²) in [6, 6.07) is 24.6. The third kappa shape index (κ3) is 5.69. The lowest BCUT2D eigenvalue weighted by Gasteiger charge is -2.28. The van der Waals surface area contributed by atoms with E-state index in [0.717, 1.165) is 10.9 Å². The van der Waals surface area contributed by atoms with Crippen LogP contribution in [0.15, 0.2) is 91.0 Å². The number of hydrogen-bond acceptors (Lipinski definition) is 5. The summed E-state index contributed by atoms with van der Waals surface area (Å²) in [6.07, 6.45) is 3.28. The van der Waals surface area contributed by atoms with Crippen molar-refractivity contribution in [2.45, 2.75) is 32.6 Å². The second kappa shape index (κ2) is 11.4. The van der Waals surface area contributed by atoms with Crippen LogP contribution in [0.4, 0.5) is 11.4 Å². The van der Waals surface area contributed by atoms with E-state index in [-0.39, 0.29) is 41.9 Å². The van der Waals surface area contributed by atoms with E-state index in [1.807, 2.05) is 48.5 Å². The molecule has 0 spiro atoms. The lowest BCUT2D eigenvalue weighted by molar-refractivity contribution is -0.384. The van der Waals surface area contributed by atoms with Crippen molar-refractivity contribution in [1.82, 2.24) is 4.90 Å². The maximum atomic E-state index is 13.5. The molecule has 0 aromatic heterocycles. The lowest BCUT2D eigenvalue weighted by atomic mass is 9.87. The highest BCUT2D eigenvalue weighted by atomic mass is 16.6. The first-order valence-corrected chi connectivity index (χ1v) is 13.8. The summed E-state index contributed by atoms with van der Waals surface area (Å²) in [7, 11) is 0. The van der Waals surface area contributed by atoms with E-state index in [2.05, 4.69) is 20.8 Å². The van der Waals surface area contributed by atoms with Crippen LogP contribution in [0.1, 0.15) is 59.0 Å². The fourth-order valence-electron chi connectivity index (χ4n) is 5.18. The SMILES string of the molecule is CC(C)(C)c1ccc(N(CCCN2C(=O)c3cccc4cccc(c34)C2=O)C(=O)/C=C/c2cccc([N+](=O)[O-])c2)cc1. The molecular formula is C34H31N3O5. The highest BCUT2D eigenvalue weighted by Gasteiger charge is 2.32. The van der Waals surface area contributed by atoms with Crippen LogP contribution >= 0.6 is 0 Å². The summed E-state index contributed by atoms with van der Waals surface area (Å²) in [5.41, 5.74) is 3.17. The van der Waals surface area contributed by atoms with Gasteiger partial charge in [0.1, 0.15) is 0 Å². The van der Waals surface area contributed by atoms with Crippen molar-refractivity contribution in [3.8, 4) is 0 Å². The summed E-state index contributed by atoms with van der Waals surface area (Å²) in [5, 5.41) is 12.7. The number of imide groups is 1. The average Bonchev–Trinajstić information content (AvgIpc) is 2.98. The number of nitro benzene ring substituents is 1. The Bertz CT molecular complexity index is 1680. The first-order valence-electron chi connectivity index (χ1n) is 13.8. The average molecular weight is 562 g/mol. The van der Waals surface area contributed by atoms with Gasteiger partial charge >= 0.3 is 0 Å². The van der Waals surface area contributed by atoms with Gasteiger partial charge in [-0.2, -0.15) is 0 Å². The molecule has 4 aromatic rings. The van der Waals surface area contributed by atoms with Crippen molar-refractivity contribution in [3.05, 3.63) is 123 Å². The van der Waals surface area contributed by atoms with Gasteiger partial charge in [0.05, 0.1) is 4.92 Å². The minimum atomic E-state index is -0.482. The number of nitro groups is 1. The van der Waals surface area contributed by atoms with Crippen LogP contribution in [-0.4, -0.2) is 40.6 Å². The molecule has 0 atom stereocenters. The molecule has 1 aliphatic rings. The standard InChI is InChI=1S/C34H31N3O5/c1-34(2,3)25-15-17-26(18-16-25)35(30(38)19-14-23-8-4-11-27(22-23)37(41)42)20-7-21-36-32(39)28-12-5-9-24-10-6-13-29(31(24)28)33(36)40/h4-6,8-19,22H,7,20-21H2,1-3H3/b19-14+. The number of hydrogen-bond donors (Lipinski definition) is 0. The Balaban J connectivity index is 1.37. The molecule has 0 N–H and O–H groups in total. The van der Waals surface area contributed by atoms with Crippen molar-refractivity contribution in [3.63, 3.8) is 0 Å². The Morgan fingerprint density at radius 3 is 2.12 bits per heavy atom. The van der Waals surface area contributed by atoms with Gasteiger partial charge in [-0.15, -0.1) is 0 Å². The first-order chi connectivity index (χ1) is 20.0. The molecule has 8 nitrogen and oxygen atoms in total. The number of carbonyl (C=O) groups excluding carboxylic acids is 3. The predicted molar refractivity (Wildman–Crippen MR) is 164 cm³/mol. The maximum absolute atomic E-state index is 13.5. The smallest absolute Gasteiger partial charge is 0.270 e. The zero-order chi connectivity index (χ0) is 30.0. The van der Waals surface area contributed by atoms with Gasteiger partial charge in [-0.3, -0.25) is 29.4 Å². The Morgan fingerprint density at radius 2 is 1.52 bits per heavy atom. The Labute approximate surface area is 244 Å². The molecule has 0 bridgehead atoms. The van der Waals surface area contributed by atoms with Crippen LogP contribution in [-0.2, 0) is 10.2 Å². The second-order valence-electron chi connectivity index (χ2n) is 11.3. The van der Waals surface area contributed by atoms with Crippen LogP contribution in [0.2, 0.25) is 0 Å². The molecule has 3 amide bonds. The van der Waals surface area contributed by atoms with Gasteiger partial charge in [0.2, 0.25) is 0 Å². The lowest BCUT2D eigenvalue weighted by Crippen LogP contribution is -2.42. The topological polar surface area (TPSA) is 101 Å². The van der Waals surface area contributed by atoms with E-state index in [1.54, 1.807) is 35.2 Å². The zero-order valence-electron chi connectivity index (χ0n) is 23.7. The van der Waals surface area contributed by atoms with Crippen LogP contribution in [0.3, 0.4) is 0 Å². The molecule has 1 heterocycles. The Morgan fingerprint density at radius 1 is 0.905 bits per heavy atom. The summed E-state index contributed by atoms with van der Waals surface area (Å²) in [6.45, 7) is 6.71. The van der Waals surface area contributed by atoms with Crippen molar-refractivity contribution in [2.24, 2.45) is 0 Å². The number of rotatable bonds is 8. The predicted octanol–water partition coefficient (Wildman–Crippen LogP) is 6.78. The van der Waals surface area contributed by atoms with Gasteiger partial charge in [0.25, 0.3) is 23.4 Å². The van der Waals surface area contributed by atoms with E-state index in [1.165, 1.54) is 23.1 Å². The van der Waals surface area contributed by atoms with E-state index in [0.29, 0.717) is 34.2 Å². The fraction of sp³-hybridized carbons (Fsp3) is 0.206. The second-order valence-corrected chi connectivity index (χ2v) is 11.3. The number of carbonyl (C=O) groups is 3. The van der Waals surface area contributed by atoms with Crippen LogP contribution in [0, 0.1) is 10.1 Å². The van der Waals surface area contributed by atoms with Crippen LogP contribution in [0.25, 0.3) is 16.8 Å². The molecule has 8 heteroatoms. The van der Waals surface area contributed by atoms with Crippen LogP contribution < -0.4 is 4.90 Å². The monoisotopic (exact) mass is 561 g/mol. The largest absolute Gasteiger partial charge is 0.309 e. The van der Waals surface area contributed by atoms with Crippen molar-refractivity contribution < 1.29 is 19.3 Å². The van der Waals surface area contributed by atoms with Gasteiger partial charge in [-0.25, -0.2) is 0 Å². The maximum Gasteiger partial charge on any atom is 0.270 e. The van der Waals surface area contributed by atoms with E-state index in [9.17, 15) is 24.5 Å². The number of non-ortho nitro benzene ring substituents is 1. The molecule has 4 aromatic carbocycles. The van der Waals surface area contributed by atoms with Crippen molar-refractivity contribution in [2.75, 3.05) is 18.0 Å². The molecular weight excluding hydrogens is 530 g/mol. The number of benzene rings is 4. The quantitative estimate of drug-likeness (QED) is 0.102. The van der Waals surface area contributed by atoms with Crippen LogP contribution in [0.5, 0.6) is 0 Å². The molecule has 42 heavy (non-hydrogen) atoms. The fourth-order valence-corrected chi connectivity index (χ4v) is 5.18. The first kappa shape index (κ1) is 28.4. The molecule has 0 saturated heterocycles. The van der Waals surface area contributed by atoms with Gasteiger partial charge in [0, 0.05) is 53.5 Å². The highest BCUT2D eigenvalue weighted by Crippen LogP contribution is 2.30. The molecule has 5 rings (SSSR count). The van der Waals surface area contributed by atoms with E-state index < -0.39 is 4.92 Å². The third-order valence-electron chi connectivity index (χ3n) is 7.43.